The van der Waals surface area contributed by atoms with Crippen molar-refractivity contribution in [2.24, 2.45) is 0 Å². The second-order valence-corrected chi connectivity index (χ2v) is 8.97. The Bertz CT molecular complexity index is 995. The van der Waals surface area contributed by atoms with Crippen molar-refractivity contribution in [3.05, 3.63) is 65.2 Å². The lowest BCUT2D eigenvalue weighted by atomic mass is 10.0. The molecule has 0 saturated carbocycles. The number of likely N-dealkylation sites (tertiary alicyclic amines) is 1. The fourth-order valence-electron chi connectivity index (χ4n) is 3.39. The molecule has 29 heavy (non-hydrogen) atoms. The molecule has 3 rings (SSSR count). The predicted molar refractivity (Wildman–Crippen MR) is 110 cm³/mol. The molecular formula is C21H25N3O4S. The lowest BCUT2D eigenvalue weighted by Crippen LogP contribution is -2.46. The van der Waals surface area contributed by atoms with E-state index in [1.54, 1.807) is 11.0 Å². The van der Waals surface area contributed by atoms with E-state index in [0.29, 0.717) is 37.1 Å². The number of nitrogens with zero attached hydrogens (tertiary/aromatic N) is 1. The van der Waals surface area contributed by atoms with Crippen molar-refractivity contribution < 1.29 is 18.0 Å². The van der Waals surface area contributed by atoms with E-state index in [-0.39, 0.29) is 22.8 Å². The van der Waals surface area contributed by atoms with Gasteiger partial charge in [-0.2, -0.15) is 0 Å². The van der Waals surface area contributed by atoms with Crippen LogP contribution in [0.5, 0.6) is 0 Å². The van der Waals surface area contributed by atoms with Crippen molar-refractivity contribution in [1.82, 2.24) is 14.9 Å². The molecular weight excluding hydrogens is 390 g/mol. The third-order valence-electron chi connectivity index (χ3n) is 5.19. The smallest absolute Gasteiger partial charge is 0.253 e. The predicted octanol–water partition coefficient (Wildman–Crippen LogP) is 1.94. The Labute approximate surface area is 171 Å². The highest BCUT2D eigenvalue weighted by Gasteiger charge is 2.25. The topological polar surface area (TPSA) is 95.6 Å². The average Bonchev–Trinajstić information content (AvgIpc) is 2.74. The molecule has 2 aromatic carbocycles. The van der Waals surface area contributed by atoms with Crippen LogP contribution >= 0.6 is 0 Å². The minimum Gasteiger partial charge on any atom is -0.349 e. The number of piperidine rings is 1. The van der Waals surface area contributed by atoms with Gasteiger partial charge in [0.15, 0.2) is 0 Å². The van der Waals surface area contributed by atoms with Crippen LogP contribution in [0.25, 0.3) is 0 Å². The monoisotopic (exact) mass is 415 g/mol. The Hall–Kier alpha value is -2.71. The second kappa shape index (κ2) is 8.75. The van der Waals surface area contributed by atoms with Gasteiger partial charge in [0.25, 0.3) is 11.8 Å². The zero-order chi connectivity index (χ0) is 21.0. The summed E-state index contributed by atoms with van der Waals surface area (Å²) in [4.78, 5) is 27.0. The van der Waals surface area contributed by atoms with Crippen LogP contribution in [0.2, 0.25) is 0 Å². The molecule has 7 nitrogen and oxygen atoms in total. The van der Waals surface area contributed by atoms with Gasteiger partial charge in [-0.25, -0.2) is 13.1 Å². The SMILES string of the molecule is CNS(=O)(=O)c1ccc(C(=O)N2CCC(NC(=O)c3ccccc3C)CC2)cc1. The lowest BCUT2D eigenvalue weighted by molar-refractivity contribution is 0.0698. The number of benzene rings is 2. The maximum Gasteiger partial charge on any atom is 0.253 e. The fourth-order valence-corrected chi connectivity index (χ4v) is 4.12. The largest absolute Gasteiger partial charge is 0.349 e. The standard InChI is InChI=1S/C21H25N3O4S/c1-15-5-3-4-6-19(15)20(25)23-17-11-13-24(14-12-17)21(26)16-7-9-18(10-8-16)29(27,28)22-2/h3-10,17,22H,11-14H2,1-2H3,(H,23,25). The number of sulfonamides is 1. The van der Waals surface area contributed by atoms with E-state index >= 15 is 0 Å². The van der Waals surface area contributed by atoms with Crippen molar-refractivity contribution in [3.63, 3.8) is 0 Å². The van der Waals surface area contributed by atoms with Crippen LogP contribution in [0.3, 0.4) is 0 Å². The number of carbonyl (C=O) groups is 2. The number of amides is 2. The normalized spacial score (nSPS) is 15.2. The van der Waals surface area contributed by atoms with E-state index in [2.05, 4.69) is 10.0 Å². The Morgan fingerprint density at radius 2 is 1.62 bits per heavy atom. The molecule has 1 fully saturated rings. The highest BCUT2D eigenvalue weighted by atomic mass is 32.2. The minimum absolute atomic E-state index is 0.0225. The summed E-state index contributed by atoms with van der Waals surface area (Å²) in [5.41, 5.74) is 2.05. The van der Waals surface area contributed by atoms with Gasteiger partial charge in [0.05, 0.1) is 4.90 Å². The number of hydrogen-bond acceptors (Lipinski definition) is 4. The molecule has 2 N–H and O–H groups in total. The van der Waals surface area contributed by atoms with Gasteiger partial charge in [-0.3, -0.25) is 9.59 Å². The van der Waals surface area contributed by atoms with E-state index in [1.165, 1.54) is 31.3 Å². The molecule has 1 heterocycles. The summed E-state index contributed by atoms with van der Waals surface area (Å²) in [6, 6.07) is 13.4. The highest BCUT2D eigenvalue weighted by molar-refractivity contribution is 7.89. The Morgan fingerprint density at radius 3 is 2.21 bits per heavy atom. The Morgan fingerprint density at radius 1 is 1.00 bits per heavy atom. The maximum absolute atomic E-state index is 12.7. The summed E-state index contributed by atoms with van der Waals surface area (Å²) in [6.45, 7) is 2.98. The molecule has 1 saturated heterocycles. The Kier molecular flexibility index (Phi) is 6.34. The summed E-state index contributed by atoms with van der Waals surface area (Å²) in [5, 5.41) is 3.06. The maximum atomic E-state index is 12.7. The zero-order valence-corrected chi connectivity index (χ0v) is 17.3. The van der Waals surface area contributed by atoms with Crippen LogP contribution in [0, 0.1) is 6.92 Å². The Balaban J connectivity index is 1.57. The third-order valence-corrected chi connectivity index (χ3v) is 6.62. The van der Waals surface area contributed by atoms with E-state index < -0.39 is 10.0 Å². The number of aryl methyl sites for hydroxylation is 1. The van der Waals surface area contributed by atoms with Crippen LogP contribution in [0.4, 0.5) is 0 Å². The van der Waals surface area contributed by atoms with Crippen molar-refractivity contribution in [2.45, 2.75) is 30.7 Å². The molecule has 2 aromatic rings. The first kappa shape index (κ1) is 21.0. The third kappa shape index (κ3) is 4.83. The molecule has 0 bridgehead atoms. The molecule has 154 valence electrons. The summed E-state index contributed by atoms with van der Waals surface area (Å²) < 4.78 is 25.8. The average molecular weight is 416 g/mol. The van der Waals surface area contributed by atoms with Gasteiger partial charge in [0.2, 0.25) is 10.0 Å². The number of carbonyl (C=O) groups excluding carboxylic acids is 2. The van der Waals surface area contributed by atoms with E-state index in [4.69, 9.17) is 0 Å². The lowest BCUT2D eigenvalue weighted by Gasteiger charge is -2.32. The van der Waals surface area contributed by atoms with E-state index in [9.17, 15) is 18.0 Å². The van der Waals surface area contributed by atoms with Gasteiger partial charge >= 0.3 is 0 Å². The molecule has 0 atom stereocenters. The van der Waals surface area contributed by atoms with Crippen LogP contribution in [-0.2, 0) is 10.0 Å². The first-order valence-corrected chi connectivity index (χ1v) is 11.0. The summed E-state index contributed by atoms with van der Waals surface area (Å²) in [7, 11) is -2.18. The summed E-state index contributed by atoms with van der Waals surface area (Å²) in [6.07, 6.45) is 1.35. The molecule has 1 aliphatic heterocycles. The van der Waals surface area contributed by atoms with Crippen LogP contribution < -0.4 is 10.0 Å². The molecule has 0 spiro atoms. The van der Waals surface area contributed by atoms with Gasteiger partial charge in [-0.05, 0) is 62.7 Å². The summed E-state index contributed by atoms with van der Waals surface area (Å²) >= 11 is 0. The molecule has 2 amide bonds. The van der Waals surface area contributed by atoms with Gasteiger partial charge < -0.3 is 10.2 Å². The fraction of sp³-hybridized carbons (Fsp3) is 0.333. The molecule has 0 radical (unpaired) electrons. The van der Waals surface area contributed by atoms with Crippen LogP contribution in [-0.4, -0.2) is 51.3 Å². The van der Waals surface area contributed by atoms with Crippen molar-refractivity contribution >= 4 is 21.8 Å². The molecule has 8 heteroatoms. The van der Waals surface area contributed by atoms with E-state index in [1.807, 2.05) is 25.1 Å². The van der Waals surface area contributed by atoms with Crippen LogP contribution in [0.1, 0.15) is 39.1 Å². The quantitative estimate of drug-likeness (QED) is 0.780. The van der Waals surface area contributed by atoms with Gasteiger partial charge in [-0.15, -0.1) is 0 Å². The highest BCUT2D eigenvalue weighted by Crippen LogP contribution is 2.17. The van der Waals surface area contributed by atoms with Crippen molar-refractivity contribution in [1.29, 1.82) is 0 Å². The second-order valence-electron chi connectivity index (χ2n) is 7.09. The summed E-state index contributed by atoms with van der Waals surface area (Å²) in [5.74, 6) is -0.226. The zero-order valence-electron chi connectivity index (χ0n) is 16.5. The van der Waals surface area contributed by atoms with E-state index in [0.717, 1.165) is 5.56 Å². The van der Waals surface area contributed by atoms with Gasteiger partial charge in [-0.1, -0.05) is 18.2 Å². The molecule has 0 unspecified atom stereocenters. The number of rotatable bonds is 5. The number of hydrogen-bond donors (Lipinski definition) is 2. The first-order chi connectivity index (χ1) is 13.8. The van der Waals surface area contributed by atoms with Crippen molar-refractivity contribution in [3.8, 4) is 0 Å². The van der Waals surface area contributed by atoms with Crippen molar-refractivity contribution in [2.75, 3.05) is 20.1 Å². The molecule has 0 aliphatic carbocycles. The van der Waals surface area contributed by atoms with Gasteiger partial charge in [0.1, 0.15) is 0 Å². The van der Waals surface area contributed by atoms with Crippen LogP contribution in [0.15, 0.2) is 53.4 Å². The molecule has 1 aliphatic rings. The first-order valence-electron chi connectivity index (χ1n) is 9.51. The van der Waals surface area contributed by atoms with Gasteiger partial charge in [0, 0.05) is 30.3 Å². The molecule has 0 aromatic heterocycles. The number of nitrogens with one attached hydrogen (secondary N) is 2. The minimum atomic E-state index is -3.53.